The highest BCUT2D eigenvalue weighted by Crippen LogP contribution is 2.20. The molecule has 0 aliphatic heterocycles. The van der Waals surface area contributed by atoms with Gasteiger partial charge >= 0.3 is 0 Å². The maximum Gasteiger partial charge on any atom is 0.145 e. The molecule has 0 saturated heterocycles. The van der Waals surface area contributed by atoms with E-state index in [9.17, 15) is 0 Å². The predicted molar refractivity (Wildman–Crippen MR) is 67.0 cm³/mol. The van der Waals surface area contributed by atoms with E-state index in [4.69, 9.17) is 10.5 Å². The lowest BCUT2D eigenvalue weighted by Gasteiger charge is -2.03. The molecule has 86 valence electrons. The molecule has 5 nitrogen and oxygen atoms in total. The van der Waals surface area contributed by atoms with Crippen LogP contribution in [0.3, 0.4) is 0 Å². The van der Waals surface area contributed by atoms with Crippen LogP contribution in [-0.2, 0) is 0 Å². The molecule has 0 fully saturated rings. The lowest BCUT2D eigenvalue weighted by Crippen LogP contribution is -1.90. The lowest BCUT2D eigenvalue weighted by atomic mass is 10.1. The maximum absolute atomic E-state index is 8.61. The first kappa shape index (κ1) is 11.4. The van der Waals surface area contributed by atoms with Crippen LogP contribution in [0.2, 0.25) is 0 Å². The van der Waals surface area contributed by atoms with Crippen LogP contribution in [0.5, 0.6) is 0 Å². The second-order valence-electron chi connectivity index (χ2n) is 3.48. The number of nitriles is 2. The average molecular weight is 235 g/mol. The number of aromatic nitrogens is 2. The van der Waals surface area contributed by atoms with Crippen molar-refractivity contribution in [3.05, 3.63) is 48.3 Å². The Balaban J connectivity index is 2.22. The quantitative estimate of drug-likeness (QED) is 0.799. The topological polar surface area (TPSA) is 88.3 Å². The largest absolute Gasteiger partial charge is 0.360 e. The summed E-state index contributed by atoms with van der Waals surface area (Å²) in [5.41, 5.74) is 2.71. The Labute approximate surface area is 104 Å². The summed E-state index contributed by atoms with van der Waals surface area (Å²) < 4.78 is 0. The third kappa shape index (κ3) is 2.55. The molecule has 18 heavy (non-hydrogen) atoms. The molecule has 2 rings (SSSR count). The minimum atomic E-state index is 0.0296. The zero-order valence-corrected chi connectivity index (χ0v) is 9.38. The number of anilines is 1. The van der Waals surface area contributed by atoms with Gasteiger partial charge in [0.1, 0.15) is 17.7 Å². The van der Waals surface area contributed by atoms with Gasteiger partial charge in [0.25, 0.3) is 0 Å². The van der Waals surface area contributed by atoms with Crippen LogP contribution in [0.15, 0.2) is 48.3 Å². The fourth-order valence-electron chi connectivity index (χ4n) is 1.44. The highest BCUT2D eigenvalue weighted by molar-refractivity contribution is 5.65. The van der Waals surface area contributed by atoms with Gasteiger partial charge in [0.2, 0.25) is 0 Å². The molecule has 2 aromatic rings. The molecular formula is C13H9N5. The van der Waals surface area contributed by atoms with Crippen LogP contribution < -0.4 is 5.32 Å². The maximum atomic E-state index is 8.61. The third-order valence-electron chi connectivity index (χ3n) is 2.30. The van der Waals surface area contributed by atoms with Crippen molar-refractivity contribution < 1.29 is 0 Å². The molecule has 0 atom stereocenters. The summed E-state index contributed by atoms with van der Waals surface area (Å²) in [7, 11) is 0. The van der Waals surface area contributed by atoms with Crippen LogP contribution in [0.1, 0.15) is 0 Å². The molecule has 0 aliphatic carbocycles. The van der Waals surface area contributed by atoms with Gasteiger partial charge in [-0.1, -0.05) is 12.1 Å². The number of H-pyrrole nitrogens is 1. The standard InChI is InChI=1S/C13H9N5/c14-7-10(8-15)9-16-12-3-1-2-11(6-12)13-4-5-17-18-13/h1-6,9,16H,(H,17,18). The molecule has 1 aromatic heterocycles. The van der Waals surface area contributed by atoms with Gasteiger partial charge in [-0.3, -0.25) is 5.10 Å². The molecule has 0 aliphatic rings. The van der Waals surface area contributed by atoms with Gasteiger partial charge in [-0.2, -0.15) is 15.6 Å². The van der Waals surface area contributed by atoms with Gasteiger partial charge in [0.15, 0.2) is 0 Å². The third-order valence-corrected chi connectivity index (χ3v) is 2.30. The number of allylic oxidation sites excluding steroid dienone is 1. The highest BCUT2D eigenvalue weighted by atomic mass is 15.1. The summed E-state index contributed by atoms with van der Waals surface area (Å²) in [5.74, 6) is 0. The van der Waals surface area contributed by atoms with Crippen LogP contribution >= 0.6 is 0 Å². The lowest BCUT2D eigenvalue weighted by molar-refractivity contribution is 1.10. The minimum Gasteiger partial charge on any atom is -0.360 e. The Morgan fingerprint density at radius 1 is 1.28 bits per heavy atom. The molecule has 0 bridgehead atoms. The van der Waals surface area contributed by atoms with Gasteiger partial charge in [0, 0.05) is 23.6 Å². The average Bonchev–Trinajstić information content (AvgIpc) is 2.94. The van der Waals surface area contributed by atoms with Crippen molar-refractivity contribution in [2.75, 3.05) is 5.32 Å². The molecule has 0 radical (unpaired) electrons. The van der Waals surface area contributed by atoms with Crippen molar-refractivity contribution in [3.8, 4) is 23.4 Å². The van der Waals surface area contributed by atoms with Crippen LogP contribution in [0.4, 0.5) is 5.69 Å². The Morgan fingerprint density at radius 3 is 2.78 bits per heavy atom. The van der Waals surface area contributed by atoms with E-state index in [1.807, 2.05) is 30.3 Å². The molecule has 0 spiro atoms. The second-order valence-corrected chi connectivity index (χ2v) is 3.48. The second kappa shape index (κ2) is 5.33. The minimum absolute atomic E-state index is 0.0296. The van der Waals surface area contributed by atoms with E-state index in [1.165, 1.54) is 6.20 Å². The number of hydrogen-bond acceptors (Lipinski definition) is 4. The van der Waals surface area contributed by atoms with E-state index in [-0.39, 0.29) is 5.57 Å². The first-order valence-electron chi connectivity index (χ1n) is 5.20. The fraction of sp³-hybridized carbons (Fsp3) is 0. The number of benzene rings is 1. The first-order valence-corrected chi connectivity index (χ1v) is 5.20. The number of hydrogen-bond donors (Lipinski definition) is 2. The van der Waals surface area contributed by atoms with Crippen molar-refractivity contribution in [1.29, 1.82) is 10.5 Å². The molecular weight excluding hydrogens is 226 g/mol. The molecule has 0 amide bonds. The van der Waals surface area contributed by atoms with Crippen molar-refractivity contribution in [2.24, 2.45) is 0 Å². The van der Waals surface area contributed by atoms with Gasteiger partial charge in [-0.25, -0.2) is 0 Å². The van der Waals surface area contributed by atoms with Gasteiger partial charge in [0.05, 0.1) is 5.69 Å². The molecule has 2 N–H and O–H groups in total. The Kier molecular flexibility index (Phi) is 3.39. The highest BCUT2D eigenvalue weighted by Gasteiger charge is 1.99. The van der Waals surface area contributed by atoms with E-state index in [0.717, 1.165) is 16.9 Å². The molecule has 1 heterocycles. The van der Waals surface area contributed by atoms with E-state index in [2.05, 4.69) is 15.5 Å². The summed E-state index contributed by atoms with van der Waals surface area (Å²) in [6.07, 6.45) is 3.06. The summed E-state index contributed by atoms with van der Waals surface area (Å²) in [6.45, 7) is 0. The summed E-state index contributed by atoms with van der Waals surface area (Å²) >= 11 is 0. The summed E-state index contributed by atoms with van der Waals surface area (Å²) in [6, 6.07) is 13.0. The normalized spacial score (nSPS) is 9.00. The molecule has 1 aromatic carbocycles. The number of nitrogens with one attached hydrogen (secondary N) is 2. The van der Waals surface area contributed by atoms with Crippen LogP contribution in [0, 0.1) is 22.7 Å². The smallest absolute Gasteiger partial charge is 0.145 e. The first-order chi connectivity index (χ1) is 8.83. The van der Waals surface area contributed by atoms with Crippen LogP contribution in [0.25, 0.3) is 11.3 Å². The van der Waals surface area contributed by atoms with Gasteiger partial charge < -0.3 is 5.32 Å². The molecule has 5 heteroatoms. The monoisotopic (exact) mass is 235 g/mol. The van der Waals surface area contributed by atoms with Crippen molar-refractivity contribution in [2.45, 2.75) is 0 Å². The SMILES string of the molecule is N#CC(C#N)=CNc1cccc(-c2ccn[nH]2)c1. The number of nitrogens with zero attached hydrogens (tertiary/aromatic N) is 3. The number of aromatic amines is 1. The molecule has 0 saturated carbocycles. The zero-order valence-electron chi connectivity index (χ0n) is 9.38. The van der Waals surface area contributed by atoms with Crippen molar-refractivity contribution >= 4 is 5.69 Å². The predicted octanol–water partition coefficient (Wildman–Crippen LogP) is 2.42. The zero-order chi connectivity index (χ0) is 12.8. The van der Waals surface area contributed by atoms with Crippen molar-refractivity contribution in [3.63, 3.8) is 0 Å². The fourth-order valence-corrected chi connectivity index (χ4v) is 1.44. The van der Waals surface area contributed by atoms with E-state index in [0.29, 0.717) is 0 Å². The summed E-state index contributed by atoms with van der Waals surface area (Å²) in [4.78, 5) is 0. The van der Waals surface area contributed by atoms with E-state index >= 15 is 0 Å². The Bertz CT molecular complexity index is 625. The van der Waals surface area contributed by atoms with E-state index < -0.39 is 0 Å². The van der Waals surface area contributed by atoms with E-state index in [1.54, 1.807) is 18.3 Å². The van der Waals surface area contributed by atoms with Crippen molar-refractivity contribution in [1.82, 2.24) is 10.2 Å². The van der Waals surface area contributed by atoms with Gasteiger partial charge in [-0.05, 0) is 18.2 Å². The summed E-state index contributed by atoms with van der Waals surface area (Å²) in [5, 5.41) is 26.9. The Morgan fingerprint density at radius 2 is 2.11 bits per heavy atom. The molecule has 0 unspecified atom stereocenters. The number of rotatable bonds is 3. The Hall–Kier alpha value is -3.05. The van der Waals surface area contributed by atoms with Gasteiger partial charge in [-0.15, -0.1) is 0 Å². The van der Waals surface area contributed by atoms with Crippen LogP contribution in [-0.4, -0.2) is 10.2 Å².